The predicted molar refractivity (Wildman–Crippen MR) is 109 cm³/mol. The second-order valence-electron chi connectivity index (χ2n) is 6.03. The molecule has 0 saturated heterocycles. The highest BCUT2D eigenvalue weighted by molar-refractivity contribution is 7.71. The molecular weight excluding hydrogens is 460 g/mol. The highest BCUT2D eigenvalue weighted by Gasteiger charge is 2.37. The van der Waals surface area contributed by atoms with Crippen molar-refractivity contribution < 1.29 is 27.0 Å². The van der Waals surface area contributed by atoms with Crippen LogP contribution in [0, 0.1) is 10.6 Å². The molecule has 0 radical (unpaired) electrons. The summed E-state index contributed by atoms with van der Waals surface area (Å²) in [6, 6.07) is 8.88. The van der Waals surface area contributed by atoms with Crippen LogP contribution in [-0.2, 0) is 12.8 Å². The third-order valence-electron chi connectivity index (χ3n) is 3.93. The van der Waals surface area contributed by atoms with Crippen molar-refractivity contribution in [3.8, 4) is 11.5 Å². The molecule has 0 aliphatic carbocycles. The van der Waals surface area contributed by atoms with Crippen molar-refractivity contribution >= 4 is 30.0 Å². The van der Waals surface area contributed by atoms with Crippen molar-refractivity contribution in [2.24, 2.45) is 5.10 Å². The third-order valence-corrected chi connectivity index (χ3v) is 4.55. The number of hydrogen-bond donors (Lipinski definition) is 1. The van der Waals surface area contributed by atoms with Gasteiger partial charge in [0.25, 0.3) is 5.82 Å². The van der Waals surface area contributed by atoms with Crippen molar-refractivity contribution in [1.82, 2.24) is 14.9 Å². The number of benzene rings is 2. The van der Waals surface area contributed by atoms with Crippen molar-refractivity contribution in [3.05, 3.63) is 69.0 Å². The summed E-state index contributed by atoms with van der Waals surface area (Å²) in [4.78, 5) is 0. The Balaban J connectivity index is 1.85. The first kappa shape index (κ1) is 22.8. The quantitative estimate of drug-likeness (QED) is 0.274. The van der Waals surface area contributed by atoms with E-state index in [1.165, 1.54) is 30.5 Å². The number of H-pyrrole nitrogens is 1. The van der Waals surface area contributed by atoms with Gasteiger partial charge in [-0.1, -0.05) is 17.7 Å². The van der Waals surface area contributed by atoms with Gasteiger partial charge in [0.1, 0.15) is 12.4 Å². The Labute approximate surface area is 184 Å². The highest BCUT2D eigenvalue weighted by Crippen LogP contribution is 2.31. The lowest BCUT2D eigenvalue weighted by Gasteiger charge is -2.13. The zero-order valence-electron chi connectivity index (χ0n) is 15.9. The number of nitrogens with zero attached hydrogens (tertiary/aromatic N) is 3. The average Bonchev–Trinajstić information content (AvgIpc) is 3.08. The van der Waals surface area contributed by atoms with E-state index in [0.717, 1.165) is 0 Å². The van der Waals surface area contributed by atoms with Crippen LogP contribution in [0.4, 0.5) is 17.6 Å². The van der Waals surface area contributed by atoms with Gasteiger partial charge in [-0.3, -0.25) is 0 Å². The fourth-order valence-corrected chi connectivity index (χ4v) is 2.92. The lowest BCUT2D eigenvalue weighted by Crippen LogP contribution is -2.12. The van der Waals surface area contributed by atoms with E-state index in [-0.39, 0.29) is 22.0 Å². The molecule has 1 N–H and O–H groups in total. The number of aromatic amines is 1. The molecule has 3 aromatic rings. The van der Waals surface area contributed by atoms with Crippen LogP contribution < -0.4 is 9.47 Å². The molecule has 0 unspecified atom stereocenters. The maximum absolute atomic E-state index is 13.9. The van der Waals surface area contributed by atoms with Crippen molar-refractivity contribution in [2.75, 3.05) is 6.61 Å². The fraction of sp³-hybridized carbons (Fsp3) is 0.211. The van der Waals surface area contributed by atoms with E-state index in [4.69, 9.17) is 33.3 Å². The molecule has 0 spiro atoms. The Morgan fingerprint density at radius 2 is 2.00 bits per heavy atom. The van der Waals surface area contributed by atoms with Gasteiger partial charge in [0.05, 0.1) is 17.8 Å². The van der Waals surface area contributed by atoms with Gasteiger partial charge in [0, 0.05) is 5.56 Å². The van der Waals surface area contributed by atoms with Gasteiger partial charge in [-0.15, -0.1) is 5.10 Å². The molecule has 0 saturated carbocycles. The molecule has 3 rings (SSSR count). The van der Waals surface area contributed by atoms with Crippen LogP contribution in [0.5, 0.6) is 11.5 Å². The molecule has 0 aliphatic heterocycles. The monoisotopic (exact) mass is 474 g/mol. The van der Waals surface area contributed by atoms with E-state index in [1.54, 1.807) is 19.1 Å². The van der Waals surface area contributed by atoms with Gasteiger partial charge in [-0.05, 0) is 55.0 Å². The van der Waals surface area contributed by atoms with Crippen LogP contribution in [0.1, 0.15) is 23.9 Å². The molecule has 0 amide bonds. The number of nitrogens with one attached hydrogen (secondary N) is 1. The number of ether oxygens (including phenoxy) is 2. The number of aromatic nitrogens is 3. The molecule has 2 aromatic carbocycles. The Bertz CT molecular complexity index is 1140. The highest BCUT2D eigenvalue weighted by atomic mass is 35.5. The summed E-state index contributed by atoms with van der Waals surface area (Å²) in [5, 5.41) is 9.19. The topological polar surface area (TPSA) is 64.4 Å². The molecule has 0 fully saturated rings. The zero-order chi connectivity index (χ0) is 22.6. The molecule has 0 bridgehead atoms. The minimum absolute atomic E-state index is 0.141. The molecular formula is C19H15ClF4N4O2S. The Kier molecular flexibility index (Phi) is 6.96. The summed E-state index contributed by atoms with van der Waals surface area (Å²) < 4.78 is 64.2. The van der Waals surface area contributed by atoms with Crippen molar-refractivity contribution in [3.63, 3.8) is 0 Å². The summed E-state index contributed by atoms with van der Waals surface area (Å²) in [6.45, 7) is 1.90. The Morgan fingerprint density at radius 1 is 1.23 bits per heavy atom. The normalized spacial score (nSPS) is 11.8. The van der Waals surface area contributed by atoms with Crippen LogP contribution in [0.15, 0.2) is 41.5 Å². The molecule has 164 valence electrons. The van der Waals surface area contributed by atoms with E-state index < -0.39 is 17.8 Å². The second kappa shape index (κ2) is 9.48. The fourth-order valence-electron chi connectivity index (χ4n) is 2.52. The molecule has 12 heteroatoms. The van der Waals surface area contributed by atoms with Crippen LogP contribution >= 0.6 is 23.8 Å². The molecule has 6 nitrogen and oxygen atoms in total. The van der Waals surface area contributed by atoms with E-state index in [2.05, 4.69) is 15.3 Å². The molecule has 0 atom stereocenters. The smallest absolute Gasteiger partial charge is 0.453 e. The first-order valence-electron chi connectivity index (χ1n) is 8.82. The maximum Gasteiger partial charge on any atom is 0.453 e. The van der Waals surface area contributed by atoms with Crippen LogP contribution in [0.3, 0.4) is 0 Å². The number of hydrogen-bond acceptors (Lipinski definition) is 5. The van der Waals surface area contributed by atoms with Crippen LogP contribution in [0.2, 0.25) is 5.02 Å². The summed E-state index contributed by atoms with van der Waals surface area (Å²) in [5.41, 5.74) is 0.599. The summed E-state index contributed by atoms with van der Waals surface area (Å²) in [5.74, 6) is -1.19. The lowest BCUT2D eigenvalue weighted by atomic mass is 10.2. The SMILES string of the molecule is CCOc1cc(/C=N\n2c(C(F)(F)F)n[nH]c2=S)ccc1OCc1c(F)cccc1Cl. The molecule has 31 heavy (non-hydrogen) atoms. The van der Waals surface area contributed by atoms with Crippen molar-refractivity contribution in [2.45, 2.75) is 19.7 Å². The minimum Gasteiger partial charge on any atom is -0.490 e. The largest absolute Gasteiger partial charge is 0.490 e. The van der Waals surface area contributed by atoms with Gasteiger partial charge >= 0.3 is 6.18 Å². The third kappa shape index (κ3) is 5.42. The van der Waals surface area contributed by atoms with E-state index >= 15 is 0 Å². The standard InChI is InChI=1S/C19H15ClF4N4O2S/c1-2-29-16-8-11(9-25-28-17(19(22,23)24)26-27-18(28)31)6-7-15(16)30-10-12-13(20)4-3-5-14(12)21/h3-9H,2,10H2,1H3,(H,27,31)/b25-9-. The zero-order valence-corrected chi connectivity index (χ0v) is 17.5. The first-order chi connectivity index (χ1) is 14.7. The minimum atomic E-state index is -4.73. The Morgan fingerprint density at radius 3 is 2.68 bits per heavy atom. The summed E-state index contributed by atoms with van der Waals surface area (Å²) in [6.07, 6.45) is -3.56. The molecule has 1 aromatic heterocycles. The summed E-state index contributed by atoms with van der Waals surface area (Å²) >= 11 is 10.8. The maximum atomic E-state index is 13.9. The van der Waals surface area contributed by atoms with Gasteiger partial charge in [-0.2, -0.15) is 22.9 Å². The van der Waals surface area contributed by atoms with Gasteiger partial charge < -0.3 is 9.47 Å². The van der Waals surface area contributed by atoms with Gasteiger partial charge in [-0.25, -0.2) is 9.49 Å². The first-order valence-corrected chi connectivity index (χ1v) is 9.60. The van der Waals surface area contributed by atoms with Crippen LogP contribution in [0.25, 0.3) is 0 Å². The lowest BCUT2D eigenvalue weighted by molar-refractivity contribution is -0.147. The number of rotatable bonds is 7. The number of alkyl halides is 3. The number of halogens is 5. The van der Waals surface area contributed by atoms with Crippen molar-refractivity contribution in [1.29, 1.82) is 0 Å². The van der Waals surface area contributed by atoms with Crippen LogP contribution in [-0.4, -0.2) is 27.7 Å². The predicted octanol–water partition coefficient (Wildman–Crippen LogP) is 5.61. The second-order valence-corrected chi connectivity index (χ2v) is 6.83. The average molecular weight is 475 g/mol. The molecule has 0 aliphatic rings. The Hall–Kier alpha value is -2.92. The van der Waals surface area contributed by atoms with Gasteiger partial charge in [0.2, 0.25) is 4.77 Å². The molecule has 1 heterocycles. The van der Waals surface area contributed by atoms with E-state index in [0.29, 0.717) is 28.3 Å². The van der Waals surface area contributed by atoms with E-state index in [1.807, 2.05) is 0 Å². The van der Waals surface area contributed by atoms with Gasteiger partial charge in [0.15, 0.2) is 11.5 Å². The van der Waals surface area contributed by atoms with E-state index in [9.17, 15) is 17.6 Å². The summed E-state index contributed by atoms with van der Waals surface area (Å²) in [7, 11) is 0.